The van der Waals surface area contributed by atoms with Gasteiger partial charge in [0.05, 0.1) is 19.3 Å². The molecule has 0 bridgehead atoms. The van der Waals surface area contributed by atoms with Gasteiger partial charge in [-0.3, -0.25) is 4.79 Å². The van der Waals surface area contributed by atoms with Gasteiger partial charge >= 0.3 is 5.97 Å². The van der Waals surface area contributed by atoms with Crippen LogP contribution in [0.25, 0.3) is 11.8 Å². The number of aromatic nitrogens is 1. The van der Waals surface area contributed by atoms with Crippen molar-refractivity contribution < 1.29 is 19.1 Å². The smallest absolute Gasteiger partial charge is 0.337 e. The number of ether oxygens (including phenoxy) is 2. The van der Waals surface area contributed by atoms with Crippen molar-refractivity contribution in [3.63, 3.8) is 0 Å². The molecule has 7 nitrogen and oxygen atoms in total. The molecule has 0 atom stereocenters. The molecule has 0 aliphatic rings. The van der Waals surface area contributed by atoms with Gasteiger partial charge in [0.2, 0.25) is 0 Å². The fraction of sp³-hybridized carbons (Fsp3) is 0.286. The second-order valence-corrected chi connectivity index (χ2v) is 6.12. The number of benzene rings is 1. The average Bonchev–Trinajstić information content (AvgIpc) is 2.98. The quantitative estimate of drug-likeness (QED) is 0.344. The maximum atomic E-state index is 12.1. The summed E-state index contributed by atoms with van der Waals surface area (Å²) < 4.78 is 11.6. The Labute approximate surface area is 164 Å². The van der Waals surface area contributed by atoms with Crippen molar-refractivity contribution in [2.45, 2.75) is 13.8 Å². The van der Waals surface area contributed by atoms with E-state index in [0.29, 0.717) is 18.7 Å². The van der Waals surface area contributed by atoms with Crippen LogP contribution in [-0.2, 0) is 14.3 Å². The van der Waals surface area contributed by atoms with Gasteiger partial charge < -0.3 is 19.4 Å². The molecule has 1 aromatic carbocycles. The number of hydrogen-bond donors (Lipinski definition) is 1. The molecule has 0 spiro atoms. The van der Waals surface area contributed by atoms with Crippen LogP contribution in [-0.4, -0.2) is 43.8 Å². The van der Waals surface area contributed by atoms with E-state index >= 15 is 0 Å². The maximum Gasteiger partial charge on any atom is 0.337 e. The van der Waals surface area contributed by atoms with E-state index in [1.54, 1.807) is 25.3 Å². The zero-order valence-corrected chi connectivity index (χ0v) is 16.4. The number of rotatable bonds is 7. The van der Waals surface area contributed by atoms with E-state index in [9.17, 15) is 14.9 Å². The molecular formula is C21H23N3O4. The highest BCUT2D eigenvalue weighted by Crippen LogP contribution is 2.23. The molecule has 2 aromatic rings. The van der Waals surface area contributed by atoms with Gasteiger partial charge in [0.15, 0.2) is 0 Å². The molecule has 0 radical (unpaired) electrons. The number of amides is 1. The number of methoxy groups -OCH3 is 2. The maximum absolute atomic E-state index is 12.1. The Hall–Kier alpha value is -3.37. The third-order valence-corrected chi connectivity index (χ3v) is 4.27. The summed E-state index contributed by atoms with van der Waals surface area (Å²) >= 11 is 0. The van der Waals surface area contributed by atoms with Crippen molar-refractivity contribution in [2.75, 3.05) is 27.4 Å². The van der Waals surface area contributed by atoms with Crippen LogP contribution in [0, 0.1) is 25.2 Å². The summed E-state index contributed by atoms with van der Waals surface area (Å²) in [6.45, 7) is 4.55. The molecule has 0 aliphatic carbocycles. The van der Waals surface area contributed by atoms with Crippen LogP contribution in [0.5, 0.6) is 0 Å². The van der Waals surface area contributed by atoms with Crippen molar-refractivity contribution in [1.29, 1.82) is 5.26 Å². The second-order valence-electron chi connectivity index (χ2n) is 6.12. The SMILES string of the molecule is COCCNC(=O)/C(C#N)=C/c1cc(C)n(-c2ccc(C(=O)OC)cc2)c1C. The summed E-state index contributed by atoms with van der Waals surface area (Å²) in [4.78, 5) is 23.7. The minimum absolute atomic E-state index is 0.0254. The topological polar surface area (TPSA) is 93.4 Å². The lowest BCUT2D eigenvalue weighted by atomic mass is 10.1. The molecule has 1 N–H and O–H groups in total. The van der Waals surface area contributed by atoms with Gasteiger partial charge in [-0.25, -0.2) is 4.79 Å². The summed E-state index contributed by atoms with van der Waals surface area (Å²) in [5, 5.41) is 12.0. The van der Waals surface area contributed by atoms with Gasteiger partial charge in [0.1, 0.15) is 11.6 Å². The highest BCUT2D eigenvalue weighted by molar-refractivity contribution is 6.01. The van der Waals surface area contributed by atoms with Gasteiger partial charge in [-0.05, 0) is 55.8 Å². The van der Waals surface area contributed by atoms with Crippen LogP contribution >= 0.6 is 0 Å². The van der Waals surface area contributed by atoms with Gasteiger partial charge in [-0.1, -0.05) is 0 Å². The number of nitrogens with zero attached hydrogens (tertiary/aromatic N) is 2. The van der Waals surface area contributed by atoms with E-state index in [4.69, 9.17) is 9.47 Å². The standard InChI is InChI=1S/C21H23N3O4/c1-14-11-17(12-18(13-22)20(25)23-9-10-27-3)15(2)24(14)19-7-5-16(6-8-19)21(26)28-4/h5-8,11-12H,9-10H2,1-4H3,(H,23,25)/b18-12+. The summed E-state index contributed by atoms with van der Waals surface area (Å²) in [6, 6.07) is 10.9. The van der Waals surface area contributed by atoms with Crippen molar-refractivity contribution >= 4 is 18.0 Å². The lowest BCUT2D eigenvalue weighted by Gasteiger charge is -2.10. The molecule has 0 fully saturated rings. The predicted molar refractivity (Wildman–Crippen MR) is 105 cm³/mol. The molecule has 0 saturated carbocycles. The minimum Gasteiger partial charge on any atom is -0.465 e. The first kappa shape index (κ1) is 20.9. The first-order valence-electron chi connectivity index (χ1n) is 8.69. The van der Waals surface area contributed by atoms with Crippen molar-refractivity contribution in [1.82, 2.24) is 9.88 Å². The van der Waals surface area contributed by atoms with Crippen molar-refractivity contribution in [3.05, 3.63) is 58.4 Å². The largest absolute Gasteiger partial charge is 0.465 e. The summed E-state index contributed by atoms with van der Waals surface area (Å²) in [5.41, 5.74) is 3.94. The number of hydrogen-bond acceptors (Lipinski definition) is 5. The Morgan fingerprint density at radius 2 is 1.89 bits per heavy atom. The number of nitriles is 1. The monoisotopic (exact) mass is 381 g/mol. The Morgan fingerprint density at radius 1 is 1.21 bits per heavy atom. The van der Waals surface area contributed by atoms with E-state index in [0.717, 1.165) is 22.6 Å². The lowest BCUT2D eigenvalue weighted by Crippen LogP contribution is -2.27. The average molecular weight is 381 g/mol. The molecule has 7 heteroatoms. The van der Waals surface area contributed by atoms with Crippen LogP contribution in [0.3, 0.4) is 0 Å². The summed E-state index contributed by atoms with van der Waals surface area (Å²) in [6.07, 6.45) is 1.57. The molecule has 0 aliphatic heterocycles. The molecule has 1 amide bonds. The molecule has 0 unspecified atom stereocenters. The second kappa shape index (κ2) is 9.53. The number of nitrogens with one attached hydrogen (secondary N) is 1. The van der Waals surface area contributed by atoms with E-state index in [-0.39, 0.29) is 5.57 Å². The third-order valence-electron chi connectivity index (χ3n) is 4.27. The zero-order chi connectivity index (χ0) is 20.7. The van der Waals surface area contributed by atoms with Gasteiger partial charge in [0.25, 0.3) is 5.91 Å². The van der Waals surface area contributed by atoms with E-state index in [1.807, 2.05) is 42.7 Å². The molecule has 0 saturated heterocycles. The van der Waals surface area contributed by atoms with Crippen molar-refractivity contribution in [2.24, 2.45) is 0 Å². The first-order valence-corrected chi connectivity index (χ1v) is 8.69. The van der Waals surface area contributed by atoms with Crippen LogP contribution in [0.2, 0.25) is 0 Å². The van der Waals surface area contributed by atoms with E-state index in [2.05, 4.69) is 5.32 Å². The third kappa shape index (κ3) is 4.67. The summed E-state index contributed by atoms with van der Waals surface area (Å²) in [5.74, 6) is -0.832. The Morgan fingerprint density at radius 3 is 2.46 bits per heavy atom. The zero-order valence-electron chi connectivity index (χ0n) is 16.4. The van der Waals surface area contributed by atoms with Crippen LogP contribution in [0.15, 0.2) is 35.9 Å². The highest BCUT2D eigenvalue weighted by Gasteiger charge is 2.14. The van der Waals surface area contributed by atoms with E-state index < -0.39 is 11.9 Å². The fourth-order valence-electron chi connectivity index (χ4n) is 2.86. The molecule has 2 rings (SSSR count). The van der Waals surface area contributed by atoms with E-state index in [1.165, 1.54) is 7.11 Å². The molecule has 1 aromatic heterocycles. The first-order chi connectivity index (χ1) is 13.4. The molecule has 1 heterocycles. The lowest BCUT2D eigenvalue weighted by molar-refractivity contribution is -0.117. The van der Waals surface area contributed by atoms with Gasteiger partial charge in [-0.15, -0.1) is 0 Å². The van der Waals surface area contributed by atoms with Gasteiger partial charge in [-0.2, -0.15) is 5.26 Å². The predicted octanol–water partition coefficient (Wildman–Crippen LogP) is 2.55. The van der Waals surface area contributed by atoms with Crippen LogP contribution in [0.4, 0.5) is 0 Å². The normalized spacial score (nSPS) is 11.0. The highest BCUT2D eigenvalue weighted by atomic mass is 16.5. The molecule has 28 heavy (non-hydrogen) atoms. The van der Waals surface area contributed by atoms with Crippen LogP contribution < -0.4 is 5.32 Å². The van der Waals surface area contributed by atoms with Crippen LogP contribution in [0.1, 0.15) is 27.3 Å². The Balaban J connectivity index is 2.33. The van der Waals surface area contributed by atoms with Gasteiger partial charge in [0, 0.05) is 30.7 Å². The number of carbonyl (C=O) groups excluding carboxylic acids is 2. The fourth-order valence-corrected chi connectivity index (χ4v) is 2.86. The number of carbonyl (C=O) groups is 2. The minimum atomic E-state index is -0.438. The number of aryl methyl sites for hydroxylation is 1. The Kier molecular flexibility index (Phi) is 7.13. The molecule has 146 valence electrons. The Bertz CT molecular complexity index is 934. The number of esters is 1. The van der Waals surface area contributed by atoms with Crippen molar-refractivity contribution in [3.8, 4) is 11.8 Å². The molecular weight excluding hydrogens is 358 g/mol. The summed E-state index contributed by atoms with van der Waals surface area (Å²) in [7, 11) is 2.88.